The molecule has 0 spiro atoms. The Morgan fingerprint density at radius 2 is 2.03 bits per heavy atom. The molecule has 11 nitrogen and oxygen atoms in total. The van der Waals surface area contributed by atoms with Crippen molar-refractivity contribution in [1.82, 2.24) is 19.5 Å². The molecule has 1 atom stereocenters. The molecule has 0 amide bonds. The fraction of sp³-hybridized carbons (Fsp3) is 0.316. The van der Waals surface area contributed by atoms with Crippen molar-refractivity contribution in [3.63, 3.8) is 0 Å². The summed E-state index contributed by atoms with van der Waals surface area (Å²) in [5.74, 6) is 0.201. The van der Waals surface area contributed by atoms with E-state index in [4.69, 9.17) is 9.47 Å². The number of alkyl halides is 2. The quantitative estimate of drug-likeness (QED) is 0.379. The van der Waals surface area contributed by atoms with Crippen molar-refractivity contribution < 1.29 is 27.9 Å². The van der Waals surface area contributed by atoms with Gasteiger partial charge < -0.3 is 29.2 Å². The third kappa shape index (κ3) is 4.88. The highest BCUT2D eigenvalue weighted by atomic mass is 19.3. The van der Waals surface area contributed by atoms with E-state index in [9.17, 15) is 18.9 Å². The monoisotopic (exact) mass is 448 g/mol. The summed E-state index contributed by atoms with van der Waals surface area (Å²) in [6.45, 7) is -2.05. The number of anilines is 2. The molecule has 3 heterocycles. The number of ether oxygens (including phenoxy) is 3. The molecular weight excluding hydrogens is 430 g/mol. The molecule has 0 radical (unpaired) electrons. The Bertz CT molecular complexity index is 1080. The lowest BCUT2D eigenvalue weighted by atomic mass is 10.3. The maximum Gasteiger partial charge on any atom is 0.414 e. The largest absolute Gasteiger partial charge is 0.443 e. The maximum atomic E-state index is 12.3. The van der Waals surface area contributed by atoms with Crippen LogP contribution in [0.1, 0.15) is 5.56 Å². The van der Waals surface area contributed by atoms with Gasteiger partial charge in [-0.05, 0) is 29.2 Å². The molecule has 168 valence electrons. The second kappa shape index (κ2) is 9.09. The zero-order valence-corrected chi connectivity index (χ0v) is 16.8. The molecule has 0 N–H and O–H groups in total. The number of rotatable bonds is 8. The van der Waals surface area contributed by atoms with E-state index in [2.05, 4.69) is 19.7 Å². The van der Waals surface area contributed by atoms with Gasteiger partial charge in [0, 0.05) is 35.7 Å². The Kier molecular flexibility index (Phi) is 6.07. The number of aromatic nitrogens is 4. The molecule has 0 aliphatic carbocycles. The fourth-order valence-electron chi connectivity index (χ4n) is 3.04. The molecule has 0 saturated heterocycles. The number of benzene rings is 1. The van der Waals surface area contributed by atoms with Gasteiger partial charge >= 0.3 is 18.4 Å². The van der Waals surface area contributed by atoms with Gasteiger partial charge in [-0.25, -0.2) is 9.97 Å². The summed E-state index contributed by atoms with van der Waals surface area (Å²) >= 11 is 0. The first kappa shape index (κ1) is 21.4. The number of imidazole rings is 1. The molecule has 0 bridgehead atoms. The molecule has 3 aromatic rings. The number of nitro groups is 1. The van der Waals surface area contributed by atoms with Crippen molar-refractivity contribution in [1.29, 1.82) is 0 Å². The van der Waals surface area contributed by atoms with Crippen LogP contribution in [0.3, 0.4) is 0 Å². The van der Waals surface area contributed by atoms with Crippen LogP contribution in [-0.4, -0.2) is 50.8 Å². The number of hydrogen-bond acceptors (Lipinski definition) is 9. The molecule has 1 aliphatic rings. The standard InChI is InChI=1S/C19H18F2N6O5/c1-25(13-2-4-14(5-3-13)32-17(20)21)18-22-6-12(7-23-18)10-30-15-8-26-9-16(27(28)29)24-19(26)31-11-15/h2-7,9,15,17H,8,10-11H2,1H3/t15-/m0/s1. The zero-order valence-electron chi connectivity index (χ0n) is 16.8. The van der Waals surface area contributed by atoms with Crippen molar-refractivity contribution in [2.45, 2.75) is 25.9 Å². The number of nitrogens with zero attached hydrogens (tertiary/aromatic N) is 6. The first-order chi connectivity index (χ1) is 15.4. The molecule has 13 heteroatoms. The smallest absolute Gasteiger partial charge is 0.414 e. The minimum atomic E-state index is -2.88. The lowest BCUT2D eigenvalue weighted by Crippen LogP contribution is -2.32. The van der Waals surface area contributed by atoms with Crippen LogP contribution in [0.5, 0.6) is 11.8 Å². The van der Waals surface area contributed by atoms with Crippen LogP contribution in [0.2, 0.25) is 0 Å². The summed E-state index contributed by atoms with van der Waals surface area (Å²) in [4.78, 5) is 24.4. The highest BCUT2D eigenvalue weighted by Gasteiger charge is 2.28. The van der Waals surface area contributed by atoms with Crippen LogP contribution in [0, 0.1) is 10.1 Å². The second-order valence-corrected chi connectivity index (χ2v) is 6.86. The van der Waals surface area contributed by atoms with Gasteiger partial charge in [-0.15, -0.1) is 0 Å². The molecule has 1 aromatic carbocycles. The van der Waals surface area contributed by atoms with Crippen molar-refractivity contribution >= 4 is 17.5 Å². The maximum absolute atomic E-state index is 12.3. The Labute approximate surface area is 180 Å². The lowest BCUT2D eigenvalue weighted by Gasteiger charge is -2.22. The predicted molar refractivity (Wildman–Crippen MR) is 106 cm³/mol. The summed E-state index contributed by atoms with van der Waals surface area (Å²) in [5, 5.41) is 10.8. The van der Waals surface area contributed by atoms with E-state index in [-0.39, 0.29) is 36.9 Å². The molecule has 2 aromatic heterocycles. The normalized spacial score (nSPS) is 15.2. The topological polar surface area (TPSA) is 118 Å². The van der Waals surface area contributed by atoms with Crippen molar-refractivity contribution in [2.75, 3.05) is 18.6 Å². The summed E-state index contributed by atoms with van der Waals surface area (Å²) < 4.78 is 41.6. The van der Waals surface area contributed by atoms with Gasteiger partial charge in [0.1, 0.15) is 24.7 Å². The fourth-order valence-corrected chi connectivity index (χ4v) is 3.04. The Morgan fingerprint density at radius 1 is 1.31 bits per heavy atom. The number of halogens is 2. The van der Waals surface area contributed by atoms with E-state index in [0.29, 0.717) is 18.2 Å². The average Bonchev–Trinajstić information content (AvgIpc) is 3.22. The van der Waals surface area contributed by atoms with Crippen molar-refractivity contribution in [3.05, 3.63) is 58.5 Å². The van der Waals surface area contributed by atoms with E-state index in [1.807, 2.05) is 0 Å². The van der Waals surface area contributed by atoms with E-state index in [0.717, 1.165) is 5.56 Å². The number of fused-ring (bicyclic) bond motifs is 1. The van der Waals surface area contributed by atoms with Crippen LogP contribution in [0.15, 0.2) is 42.9 Å². The highest BCUT2D eigenvalue weighted by Crippen LogP contribution is 2.25. The number of hydrogen-bond donors (Lipinski definition) is 0. The third-order valence-corrected chi connectivity index (χ3v) is 4.64. The van der Waals surface area contributed by atoms with E-state index in [1.54, 1.807) is 41.0 Å². The van der Waals surface area contributed by atoms with E-state index in [1.165, 1.54) is 18.3 Å². The first-order valence-corrected chi connectivity index (χ1v) is 9.44. The van der Waals surface area contributed by atoms with Crippen LogP contribution in [0.25, 0.3) is 0 Å². The Hall–Kier alpha value is -3.87. The second-order valence-electron chi connectivity index (χ2n) is 6.86. The SMILES string of the molecule is CN(c1ccc(OC(F)F)cc1)c1ncc(CO[C@@H]2COc3nc([N+](=O)[O-])cn3C2)cn1. The van der Waals surface area contributed by atoms with E-state index < -0.39 is 11.5 Å². The van der Waals surface area contributed by atoms with Crippen LogP contribution in [0.4, 0.5) is 26.2 Å². The third-order valence-electron chi connectivity index (χ3n) is 4.64. The van der Waals surface area contributed by atoms with Gasteiger partial charge in [-0.1, -0.05) is 0 Å². The van der Waals surface area contributed by atoms with Gasteiger partial charge in [0.15, 0.2) is 0 Å². The molecule has 32 heavy (non-hydrogen) atoms. The molecule has 4 rings (SSSR count). The Morgan fingerprint density at radius 3 is 2.69 bits per heavy atom. The van der Waals surface area contributed by atoms with E-state index >= 15 is 0 Å². The van der Waals surface area contributed by atoms with Gasteiger partial charge in [-0.3, -0.25) is 4.57 Å². The summed E-state index contributed by atoms with van der Waals surface area (Å²) in [7, 11) is 1.75. The molecule has 0 unspecified atom stereocenters. The van der Waals surface area contributed by atoms with Crippen LogP contribution >= 0.6 is 0 Å². The molecular formula is C19H18F2N6O5. The minimum absolute atomic E-state index is 0.0645. The lowest BCUT2D eigenvalue weighted by molar-refractivity contribution is -0.389. The van der Waals surface area contributed by atoms with Gasteiger partial charge in [0.25, 0.3) is 0 Å². The predicted octanol–water partition coefficient (Wildman–Crippen LogP) is 2.93. The summed E-state index contributed by atoms with van der Waals surface area (Å²) in [6, 6.07) is 6.31. The van der Waals surface area contributed by atoms with Crippen molar-refractivity contribution in [2.24, 2.45) is 0 Å². The molecule has 1 aliphatic heterocycles. The molecule has 0 fully saturated rings. The minimum Gasteiger partial charge on any atom is -0.443 e. The van der Waals surface area contributed by atoms with Gasteiger partial charge in [0.05, 0.1) is 13.2 Å². The zero-order chi connectivity index (χ0) is 22.7. The van der Waals surface area contributed by atoms with Crippen LogP contribution < -0.4 is 14.4 Å². The van der Waals surface area contributed by atoms with Crippen LogP contribution in [-0.2, 0) is 17.9 Å². The Balaban J connectivity index is 1.32. The summed E-state index contributed by atoms with van der Waals surface area (Å²) in [5.41, 5.74) is 1.42. The molecule has 0 saturated carbocycles. The van der Waals surface area contributed by atoms with Crippen molar-refractivity contribution in [3.8, 4) is 11.8 Å². The van der Waals surface area contributed by atoms with Gasteiger partial charge in [-0.2, -0.15) is 8.78 Å². The summed E-state index contributed by atoms with van der Waals surface area (Å²) in [6.07, 6.45) is 4.23. The highest BCUT2D eigenvalue weighted by molar-refractivity contribution is 5.57. The average molecular weight is 448 g/mol. The first-order valence-electron chi connectivity index (χ1n) is 9.44. The van der Waals surface area contributed by atoms with Gasteiger partial charge in [0.2, 0.25) is 5.95 Å².